The molecule has 0 atom stereocenters. The van der Waals surface area contributed by atoms with Crippen LogP contribution in [0, 0.1) is 5.82 Å². The summed E-state index contributed by atoms with van der Waals surface area (Å²) in [7, 11) is 1.56. The van der Waals surface area contributed by atoms with Gasteiger partial charge in [-0.2, -0.15) is 0 Å². The highest BCUT2D eigenvalue weighted by molar-refractivity contribution is 7.16. The van der Waals surface area contributed by atoms with Gasteiger partial charge in [0.1, 0.15) is 16.6 Å². The Morgan fingerprint density at radius 3 is 2.26 bits per heavy atom. The van der Waals surface area contributed by atoms with E-state index in [1.54, 1.807) is 37.4 Å². The van der Waals surface area contributed by atoms with Crippen LogP contribution in [0.25, 0.3) is 0 Å². The van der Waals surface area contributed by atoms with Gasteiger partial charge in [0.2, 0.25) is 0 Å². The Balaban J connectivity index is 1.89. The molecule has 0 bridgehead atoms. The number of carbonyl (C=O) groups is 2. The molecule has 0 unspecified atom stereocenters. The summed E-state index contributed by atoms with van der Waals surface area (Å²) in [4.78, 5) is 26.4. The molecule has 0 fully saturated rings. The van der Waals surface area contributed by atoms with E-state index < -0.39 is 5.82 Å². The number of rotatable bonds is 6. The fourth-order valence-electron chi connectivity index (χ4n) is 2.55. The lowest BCUT2D eigenvalue weighted by Gasteiger charge is -2.07. The van der Waals surface area contributed by atoms with Crippen molar-refractivity contribution < 1.29 is 18.7 Å². The molecule has 6 heteroatoms. The Hall–Kier alpha value is -2.99. The second kappa shape index (κ2) is 8.14. The van der Waals surface area contributed by atoms with Crippen molar-refractivity contribution in [2.45, 2.75) is 13.3 Å². The van der Waals surface area contributed by atoms with Crippen LogP contribution in [-0.2, 0) is 6.42 Å². The number of ether oxygens (including phenoxy) is 1. The third-order valence-corrected chi connectivity index (χ3v) is 5.26. The Morgan fingerprint density at radius 2 is 1.67 bits per heavy atom. The van der Waals surface area contributed by atoms with Crippen LogP contribution in [0.15, 0.2) is 54.6 Å². The molecule has 1 amide bonds. The molecule has 2 aromatic carbocycles. The molecular weight excluding hydrogens is 365 g/mol. The molecule has 0 radical (unpaired) electrons. The molecule has 138 valence electrons. The smallest absolute Gasteiger partial charge is 0.256 e. The van der Waals surface area contributed by atoms with Gasteiger partial charge in [-0.3, -0.25) is 9.59 Å². The van der Waals surface area contributed by atoms with Crippen molar-refractivity contribution in [1.82, 2.24) is 0 Å². The van der Waals surface area contributed by atoms with Gasteiger partial charge in [-0.15, -0.1) is 11.3 Å². The van der Waals surface area contributed by atoms with Crippen molar-refractivity contribution in [2.24, 2.45) is 0 Å². The first-order chi connectivity index (χ1) is 13.0. The standard InChI is InChI=1S/C21H18FNO3S/c1-3-17-12-18(19(24)13-6-10-16(26-2)11-7-13)21(27-17)23-20(25)14-4-8-15(22)9-5-14/h4-12H,3H2,1-2H3,(H,23,25). The molecule has 27 heavy (non-hydrogen) atoms. The average molecular weight is 383 g/mol. The number of carbonyl (C=O) groups excluding carboxylic acids is 2. The SMILES string of the molecule is CCc1cc(C(=O)c2ccc(OC)cc2)c(NC(=O)c2ccc(F)cc2)s1. The van der Waals surface area contributed by atoms with Crippen LogP contribution in [-0.4, -0.2) is 18.8 Å². The summed E-state index contributed by atoms with van der Waals surface area (Å²) in [6.07, 6.45) is 0.750. The number of methoxy groups -OCH3 is 1. The van der Waals surface area contributed by atoms with Crippen LogP contribution < -0.4 is 10.1 Å². The first-order valence-corrected chi connectivity index (χ1v) is 9.22. The second-order valence-electron chi connectivity index (χ2n) is 5.83. The Morgan fingerprint density at radius 1 is 1.04 bits per heavy atom. The number of nitrogens with one attached hydrogen (secondary N) is 1. The molecule has 0 aliphatic carbocycles. The molecule has 4 nitrogen and oxygen atoms in total. The summed E-state index contributed by atoms with van der Waals surface area (Å²) in [5.41, 5.74) is 1.27. The number of halogens is 1. The molecule has 3 aromatic rings. The minimum absolute atomic E-state index is 0.178. The van der Waals surface area contributed by atoms with E-state index in [9.17, 15) is 14.0 Å². The van der Waals surface area contributed by atoms with Gasteiger partial charge in [-0.1, -0.05) is 6.92 Å². The van der Waals surface area contributed by atoms with Crippen molar-refractivity contribution in [2.75, 3.05) is 12.4 Å². The van der Waals surface area contributed by atoms with E-state index in [1.807, 2.05) is 6.92 Å². The molecule has 0 aliphatic heterocycles. The van der Waals surface area contributed by atoms with Gasteiger partial charge in [0.05, 0.1) is 12.7 Å². The predicted octanol–water partition coefficient (Wildman–Crippen LogP) is 4.94. The van der Waals surface area contributed by atoms with Crippen LogP contribution in [0.3, 0.4) is 0 Å². The number of anilines is 1. The maximum Gasteiger partial charge on any atom is 0.256 e. The van der Waals surface area contributed by atoms with Gasteiger partial charge in [0.15, 0.2) is 5.78 Å². The molecule has 3 rings (SSSR count). The lowest BCUT2D eigenvalue weighted by Crippen LogP contribution is -2.13. The number of amides is 1. The summed E-state index contributed by atoms with van der Waals surface area (Å²) < 4.78 is 18.2. The van der Waals surface area contributed by atoms with Crippen molar-refractivity contribution in [3.8, 4) is 5.75 Å². The summed E-state index contributed by atoms with van der Waals surface area (Å²) >= 11 is 1.36. The molecular formula is C21H18FNO3S. The Kier molecular flexibility index (Phi) is 5.66. The predicted molar refractivity (Wildman–Crippen MR) is 104 cm³/mol. The third kappa shape index (κ3) is 4.23. The van der Waals surface area contributed by atoms with Crippen molar-refractivity contribution in [1.29, 1.82) is 0 Å². The van der Waals surface area contributed by atoms with Gasteiger partial charge in [-0.25, -0.2) is 4.39 Å². The van der Waals surface area contributed by atoms with Gasteiger partial charge in [0, 0.05) is 16.0 Å². The number of benzene rings is 2. The van der Waals surface area contributed by atoms with Gasteiger partial charge >= 0.3 is 0 Å². The highest BCUT2D eigenvalue weighted by atomic mass is 32.1. The lowest BCUT2D eigenvalue weighted by atomic mass is 10.0. The van der Waals surface area contributed by atoms with Gasteiger partial charge in [-0.05, 0) is 61.0 Å². The fourth-order valence-corrected chi connectivity index (χ4v) is 3.54. The number of ketones is 1. The molecule has 1 N–H and O–H groups in total. The van der Waals surface area contributed by atoms with Crippen LogP contribution in [0.1, 0.15) is 38.1 Å². The van der Waals surface area contributed by atoms with E-state index in [4.69, 9.17) is 4.74 Å². The lowest BCUT2D eigenvalue weighted by molar-refractivity contribution is 0.102. The zero-order chi connectivity index (χ0) is 19.4. The van der Waals surface area contributed by atoms with Crippen LogP contribution >= 0.6 is 11.3 Å². The fraction of sp³-hybridized carbons (Fsp3) is 0.143. The average Bonchev–Trinajstić information content (AvgIpc) is 3.10. The molecule has 1 heterocycles. The van der Waals surface area contributed by atoms with Crippen LogP contribution in [0.2, 0.25) is 0 Å². The second-order valence-corrected chi connectivity index (χ2v) is 6.96. The molecule has 0 aliphatic rings. The maximum absolute atomic E-state index is 13.1. The first-order valence-electron chi connectivity index (χ1n) is 8.40. The van der Waals surface area contributed by atoms with E-state index in [1.165, 1.54) is 35.6 Å². The van der Waals surface area contributed by atoms with E-state index in [-0.39, 0.29) is 11.7 Å². The molecule has 1 aromatic heterocycles. The molecule has 0 spiro atoms. The van der Waals surface area contributed by atoms with E-state index in [0.29, 0.717) is 27.4 Å². The monoisotopic (exact) mass is 383 g/mol. The van der Waals surface area contributed by atoms with Crippen molar-refractivity contribution in [3.63, 3.8) is 0 Å². The number of aryl methyl sites for hydroxylation is 1. The summed E-state index contributed by atoms with van der Waals surface area (Å²) in [6, 6.07) is 13.9. The summed E-state index contributed by atoms with van der Waals surface area (Å²) in [5, 5.41) is 3.27. The molecule has 0 saturated carbocycles. The highest BCUT2D eigenvalue weighted by Crippen LogP contribution is 2.31. The zero-order valence-corrected chi connectivity index (χ0v) is 15.7. The maximum atomic E-state index is 13.1. The molecule has 0 saturated heterocycles. The van der Waals surface area contributed by atoms with Crippen LogP contribution in [0.4, 0.5) is 9.39 Å². The minimum atomic E-state index is -0.411. The first kappa shape index (κ1) is 18.8. The van der Waals surface area contributed by atoms with Crippen molar-refractivity contribution in [3.05, 3.63) is 82.0 Å². The zero-order valence-electron chi connectivity index (χ0n) is 14.9. The van der Waals surface area contributed by atoms with Gasteiger partial charge in [0.25, 0.3) is 5.91 Å². The van der Waals surface area contributed by atoms with Crippen LogP contribution in [0.5, 0.6) is 5.75 Å². The van der Waals surface area contributed by atoms with E-state index in [0.717, 1.165) is 11.3 Å². The largest absolute Gasteiger partial charge is 0.497 e. The normalized spacial score (nSPS) is 10.5. The van der Waals surface area contributed by atoms with E-state index >= 15 is 0 Å². The third-order valence-electron chi connectivity index (χ3n) is 4.06. The summed E-state index contributed by atoms with van der Waals surface area (Å²) in [5.74, 6) is -0.312. The highest BCUT2D eigenvalue weighted by Gasteiger charge is 2.19. The number of hydrogen-bond donors (Lipinski definition) is 1. The number of hydrogen-bond acceptors (Lipinski definition) is 4. The Labute approximate surface area is 160 Å². The van der Waals surface area contributed by atoms with Gasteiger partial charge < -0.3 is 10.1 Å². The summed E-state index contributed by atoms with van der Waals surface area (Å²) in [6.45, 7) is 1.99. The van der Waals surface area contributed by atoms with Crippen molar-refractivity contribution >= 4 is 28.0 Å². The van der Waals surface area contributed by atoms with E-state index in [2.05, 4.69) is 5.32 Å². The number of thiophene rings is 1. The topological polar surface area (TPSA) is 55.4 Å². The minimum Gasteiger partial charge on any atom is -0.497 e. The Bertz CT molecular complexity index is 962. The quantitative estimate of drug-likeness (QED) is 0.613.